The van der Waals surface area contributed by atoms with Crippen LogP contribution >= 0.6 is 24.0 Å². The predicted molar refractivity (Wildman–Crippen MR) is 134 cm³/mol. The lowest BCUT2D eigenvalue weighted by Crippen LogP contribution is -2.37. The number of nitrogens with one attached hydrogen (secondary N) is 2. The molecule has 3 rings (SSSR count). The van der Waals surface area contributed by atoms with Crippen molar-refractivity contribution in [3.05, 3.63) is 65.9 Å². The molecular weight excluding hydrogens is 511 g/mol. The number of aryl methyl sites for hydroxylation is 2. The molecule has 0 bridgehead atoms. The van der Waals surface area contributed by atoms with Crippen LogP contribution in [0.25, 0.3) is 10.9 Å². The second-order valence-electron chi connectivity index (χ2n) is 7.15. The van der Waals surface area contributed by atoms with Crippen LogP contribution < -0.4 is 10.6 Å². The smallest absolute Gasteiger partial charge is 0.191 e. The third-order valence-corrected chi connectivity index (χ3v) is 6.13. The van der Waals surface area contributed by atoms with Crippen LogP contribution in [0.4, 0.5) is 0 Å². The van der Waals surface area contributed by atoms with Gasteiger partial charge in [0, 0.05) is 44.7 Å². The number of guanidine groups is 1. The number of hydrogen-bond acceptors (Lipinski definition) is 3. The minimum absolute atomic E-state index is 0. The van der Waals surface area contributed by atoms with E-state index in [1.807, 2.05) is 19.1 Å². The molecule has 0 amide bonds. The van der Waals surface area contributed by atoms with Gasteiger partial charge in [-0.2, -0.15) is 0 Å². The van der Waals surface area contributed by atoms with Gasteiger partial charge in [0.05, 0.1) is 4.90 Å². The van der Waals surface area contributed by atoms with Crippen LogP contribution in [-0.2, 0) is 22.9 Å². The van der Waals surface area contributed by atoms with E-state index in [0.29, 0.717) is 11.4 Å². The summed E-state index contributed by atoms with van der Waals surface area (Å²) in [5, 5.41) is 7.87. The Morgan fingerprint density at radius 2 is 1.87 bits per heavy atom. The molecule has 2 aromatic carbocycles. The van der Waals surface area contributed by atoms with E-state index in [2.05, 4.69) is 56.7 Å². The lowest BCUT2D eigenvalue weighted by atomic mass is 10.1. The first-order valence-electron chi connectivity index (χ1n) is 9.66. The Labute approximate surface area is 195 Å². The summed E-state index contributed by atoms with van der Waals surface area (Å²) >= 11 is 0. The first-order chi connectivity index (χ1) is 13.9. The Kier molecular flexibility index (Phi) is 8.72. The van der Waals surface area contributed by atoms with Crippen LogP contribution in [0.15, 0.2) is 64.6 Å². The van der Waals surface area contributed by atoms with Gasteiger partial charge < -0.3 is 15.2 Å². The zero-order valence-electron chi connectivity index (χ0n) is 17.6. The van der Waals surface area contributed by atoms with Gasteiger partial charge in [0.25, 0.3) is 0 Å². The maximum absolute atomic E-state index is 11.7. The highest BCUT2D eigenvalue weighted by Gasteiger charge is 2.11. The predicted octanol–water partition coefficient (Wildman–Crippen LogP) is 3.73. The highest BCUT2D eigenvalue weighted by atomic mass is 127. The van der Waals surface area contributed by atoms with Crippen molar-refractivity contribution in [2.75, 3.05) is 19.8 Å². The van der Waals surface area contributed by atoms with E-state index in [1.54, 1.807) is 13.1 Å². The van der Waals surface area contributed by atoms with Gasteiger partial charge in [-0.3, -0.25) is 4.99 Å². The van der Waals surface area contributed by atoms with Crippen LogP contribution in [0.2, 0.25) is 0 Å². The van der Waals surface area contributed by atoms with Crippen molar-refractivity contribution >= 4 is 50.7 Å². The Hall–Kier alpha value is -2.07. The molecule has 2 N–H and O–H groups in total. The van der Waals surface area contributed by atoms with E-state index in [9.17, 15) is 8.42 Å². The molecule has 0 saturated carbocycles. The molecule has 0 fully saturated rings. The average Bonchev–Trinajstić information content (AvgIpc) is 3.09. The highest BCUT2D eigenvalue weighted by molar-refractivity contribution is 14.0. The molecule has 8 heteroatoms. The summed E-state index contributed by atoms with van der Waals surface area (Å²) in [5.74, 6) is 0.729. The third kappa shape index (κ3) is 6.21. The maximum Gasteiger partial charge on any atom is 0.191 e. The summed E-state index contributed by atoms with van der Waals surface area (Å²) in [5.41, 5.74) is 3.02. The third-order valence-electron chi connectivity index (χ3n) is 4.87. The molecule has 0 unspecified atom stereocenters. The molecule has 0 aliphatic heterocycles. The first kappa shape index (κ1) is 24.2. The van der Waals surface area contributed by atoms with Gasteiger partial charge in [-0.05, 0) is 48.1 Å². The summed E-state index contributed by atoms with van der Waals surface area (Å²) < 4.78 is 25.7. The quantitative estimate of drug-likeness (QED) is 0.207. The van der Waals surface area contributed by atoms with E-state index in [1.165, 1.54) is 17.2 Å². The SMILES string of the molecule is CN=C(NCCCn1ccc2ccccc21)NCc1ccc(S(C)(=O)=O)c(C)c1.I. The number of nitrogens with zero attached hydrogens (tertiary/aromatic N) is 2. The normalized spacial score (nSPS) is 11.9. The van der Waals surface area contributed by atoms with Crippen molar-refractivity contribution in [1.29, 1.82) is 0 Å². The van der Waals surface area contributed by atoms with Crippen LogP contribution in [0.3, 0.4) is 0 Å². The standard InChI is InChI=1S/C22H28N4O2S.HI/c1-17-15-18(9-10-21(17)29(3,27)28)16-25-22(23-2)24-12-6-13-26-14-11-19-7-4-5-8-20(19)26;/h4-5,7-11,14-15H,6,12-13,16H2,1-3H3,(H2,23,24,25);1H. The molecule has 30 heavy (non-hydrogen) atoms. The van der Waals surface area contributed by atoms with Gasteiger partial charge in [-0.25, -0.2) is 8.42 Å². The fraction of sp³-hybridized carbons (Fsp3) is 0.318. The molecule has 0 atom stereocenters. The number of hydrogen-bond donors (Lipinski definition) is 2. The molecule has 0 aliphatic carbocycles. The second kappa shape index (κ2) is 10.8. The highest BCUT2D eigenvalue weighted by Crippen LogP contribution is 2.17. The van der Waals surface area contributed by atoms with Gasteiger partial charge in [0.1, 0.15) is 0 Å². The molecule has 1 heterocycles. The summed E-state index contributed by atoms with van der Waals surface area (Å²) in [6.07, 6.45) is 4.33. The van der Waals surface area contributed by atoms with Crippen LogP contribution in [0.5, 0.6) is 0 Å². The van der Waals surface area contributed by atoms with E-state index < -0.39 is 9.84 Å². The summed E-state index contributed by atoms with van der Waals surface area (Å²) in [4.78, 5) is 4.63. The Morgan fingerprint density at radius 1 is 1.10 bits per heavy atom. The van der Waals surface area contributed by atoms with Crippen LogP contribution in [-0.4, -0.2) is 38.8 Å². The van der Waals surface area contributed by atoms with E-state index in [0.717, 1.165) is 36.6 Å². The average molecular weight is 540 g/mol. The van der Waals surface area contributed by atoms with Gasteiger partial charge >= 0.3 is 0 Å². The molecule has 0 aliphatic rings. The Morgan fingerprint density at radius 3 is 2.57 bits per heavy atom. The van der Waals surface area contributed by atoms with Crippen molar-refractivity contribution < 1.29 is 8.42 Å². The summed E-state index contributed by atoms with van der Waals surface area (Å²) in [6, 6.07) is 15.9. The fourth-order valence-electron chi connectivity index (χ4n) is 3.44. The van der Waals surface area contributed by atoms with Gasteiger partial charge in [-0.15, -0.1) is 24.0 Å². The number of aliphatic imine (C=N–C) groups is 1. The van der Waals surface area contributed by atoms with E-state index >= 15 is 0 Å². The molecule has 6 nitrogen and oxygen atoms in total. The lowest BCUT2D eigenvalue weighted by molar-refractivity contribution is 0.601. The lowest BCUT2D eigenvalue weighted by Gasteiger charge is -2.13. The van der Waals surface area contributed by atoms with Crippen molar-refractivity contribution in [2.24, 2.45) is 4.99 Å². The minimum atomic E-state index is -3.19. The number of halogens is 1. The monoisotopic (exact) mass is 540 g/mol. The van der Waals surface area contributed by atoms with Crippen molar-refractivity contribution in [2.45, 2.75) is 31.3 Å². The van der Waals surface area contributed by atoms with Crippen molar-refractivity contribution in [3.8, 4) is 0 Å². The number of sulfone groups is 1. The van der Waals surface area contributed by atoms with Crippen LogP contribution in [0, 0.1) is 6.92 Å². The van der Waals surface area contributed by atoms with Crippen molar-refractivity contribution in [3.63, 3.8) is 0 Å². The minimum Gasteiger partial charge on any atom is -0.356 e. The van der Waals surface area contributed by atoms with Gasteiger partial charge in [-0.1, -0.05) is 30.3 Å². The first-order valence-corrected chi connectivity index (χ1v) is 11.6. The molecule has 162 valence electrons. The van der Waals surface area contributed by atoms with Crippen molar-refractivity contribution in [1.82, 2.24) is 15.2 Å². The molecule has 1 aromatic heterocycles. The Bertz CT molecular complexity index is 1120. The number of rotatable bonds is 7. The van der Waals surface area contributed by atoms with Gasteiger partial charge in [0.15, 0.2) is 15.8 Å². The Balaban J connectivity index is 0.00000320. The molecule has 0 spiro atoms. The summed E-state index contributed by atoms with van der Waals surface area (Å²) in [6.45, 7) is 4.13. The number of aromatic nitrogens is 1. The second-order valence-corrected chi connectivity index (χ2v) is 9.13. The number of benzene rings is 2. The number of fused-ring (bicyclic) bond motifs is 1. The molecule has 0 radical (unpaired) electrons. The fourth-order valence-corrected chi connectivity index (χ4v) is 4.39. The molecule has 3 aromatic rings. The maximum atomic E-state index is 11.7. The van der Waals surface area contributed by atoms with E-state index in [4.69, 9.17) is 0 Å². The number of para-hydroxylation sites is 1. The van der Waals surface area contributed by atoms with Crippen LogP contribution in [0.1, 0.15) is 17.5 Å². The zero-order valence-corrected chi connectivity index (χ0v) is 20.7. The topological polar surface area (TPSA) is 75.5 Å². The zero-order chi connectivity index (χ0) is 20.9. The summed E-state index contributed by atoms with van der Waals surface area (Å²) in [7, 11) is -1.45. The largest absolute Gasteiger partial charge is 0.356 e. The van der Waals surface area contributed by atoms with E-state index in [-0.39, 0.29) is 24.0 Å². The molecular formula is C22H29IN4O2S. The molecule has 0 saturated heterocycles. The van der Waals surface area contributed by atoms with Gasteiger partial charge in [0.2, 0.25) is 0 Å².